The van der Waals surface area contributed by atoms with E-state index in [1.54, 1.807) is 17.6 Å². The Bertz CT molecular complexity index is 1200. The highest BCUT2D eigenvalue weighted by Gasteiger charge is 2.13. The lowest BCUT2D eigenvalue weighted by Crippen LogP contribution is -2.20. The number of hydrazone groups is 1. The zero-order chi connectivity index (χ0) is 20.9. The quantitative estimate of drug-likeness (QED) is 0.209. The number of carbonyl (C=O) groups excluding carboxylic acids is 1. The fourth-order valence-corrected chi connectivity index (χ4v) is 5.02. The molecule has 0 radical (unpaired) electrons. The molecule has 0 saturated carbocycles. The van der Waals surface area contributed by atoms with Crippen LogP contribution >= 0.6 is 39.0 Å². The number of carbonyl (C=O) groups is 1. The molecule has 1 amide bonds. The Labute approximate surface area is 191 Å². The highest BCUT2D eigenvalue weighted by molar-refractivity contribution is 9.11. The van der Waals surface area contributed by atoms with Gasteiger partial charge in [-0.2, -0.15) is 5.10 Å². The van der Waals surface area contributed by atoms with E-state index in [1.165, 1.54) is 22.9 Å². The van der Waals surface area contributed by atoms with Crippen molar-refractivity contribution in [1.29, 1.82) is 0 Å². The Balaban J connectivity index is 1.45. The van der Waals surface area contributed by atoms with E-state index in [9.17, 15) is 4.79 Å². The molecule has 4 aromatic rings. The number of thioether (sulfide) groups is 1. The summed E-state index contributed by atoms with van der Waals surface area (Å²) in [5.74, 6) is 0.0729. The number of hydrogen-bond donors (Lipinski definition) is 1. The fraction of sp³-hybridized carbons (Fsp3) is 0.136. The molecular weight excluding hydrogens is 480 g/mol. The summed E-state index contributed by atoms with van der Waals surface area (Å²) >= 11 is 6.38. The molecule has 0 aliphatic carbocycles. The van der Waals surface area contributed by atoms with Crippen LogP contribution in [0, 0.1) is 6.92 Å². The van der Waals surface area contributed by atoms with Crippen molar-refractivity contribution in [3.63, 3.8) is 0 Å². The molecule has 8 heteroatoms. The van der Waals surface area contributed by atoms with E-state index in [0.29, 0.717) is 6.54 Å². The molecule has 152 valence electrons. The second kappa shape index (κ2) is 9.59. The third kappa shape index (κ3) is 5.19. The summed E-state index contributed by atoms with van der Waals surface area (Å²) in [7, 11) is 0. The van der Waals surface area contributed by atoms with Gasteiger partial charge in [-0.3, -0.25) is 4.79 Å². The molecule has 1 N–H and O–H groups in total. The van der Waals surface area contributed by atoms with Crippen LogP contribution in [0.4, 0.5) is 0 Å². The van der Waals surface area contributed by atoms with Crippen LogP contribution in [0.15, 0.2) is 74.7 Å². The van der Waals surface area contributed by atoms with E-state index < -0.39 is 0 Å². The van der Waals surface area contributed by atoms with Crippen molar-refractivity contribution in [3.05, 3.63) is 80.5 Å². The average molecular weight is 499 g/mol. The number of benzene rings is 2. The number of hydrogen-bond acceptors (Lipinski definition) is 5. The highest BCUT2D eigenvalue weighted by Crippen LogP contribution is 2.25. The predicted molar refractivity (Wildman–Crippen MR) is 128 cm³/mol. The van der Waals surface area contributed by atoms with Gasteiger partial charge in [-0.05, 0) is 52.7 Å². The van der Waals surface area contributed by atoms with Crippen molar-refractivity contribution in [2.75, 3.05) is 5.75 Å². The van der Waals surface area contributed by atoms with Gasteiger partial charge in [-0.15, -0.1) is 11.3 Å². The van der Waals surface area contributed by atoms with Gasteiger partial charge in [0, 0.05) is 4.88 Å². The number of aromatic nitrogens is 2. The van der Waals surface area contributed by atoms with Gasteiger partial charge in [0.15, 0.2) is 5.16 Å². The molecule has 2 heterocycles. The SMILES string of the molecule is Cc1ccc(Cn2c(SCC(=O)N/N=C/c3ccc(Br)s3)nc3ccccc32)cc1. The molecule has 5 nitrogen and oxygen atoms in total. The summed E-state index contributed by atoms with van der Waals surface area (Å²) in [4.78, 5) is 17.9. The molecule has 2 aromatic heterocycles. The normalized spacial score (nSPS) is 11.4. The van der Waals surface area contributed by atoms with E-state index in [0.717, 1.165) is 24.9 Å². The van der Waals surface area contributed by atoms with Gasteiger partial charge < -0.3 is 4.57 Å². The van der Waals surface area contributed by atoms with E-state index in [2.05, 4.69) is 68.3 Å². The molecule has 0 bridgehead atoms. The predicted octanol–water partition coefficient (Wildman–Crippen LogP) is 5.46. The standard InChI is InChI=1S/C22H19BrN4OS2/c1-15-6-8-16(9-7-15)13-27-19-5-3-2-4-18(19)25-22(27)29-14-21(28)26-24-12-17-10-11-20(23)30-17/h2-12H,13-14H2,1H3,(H,26,28)/b24-12+. The van der Waals surface area contributed by atoms with Gasteiger partial charge in [0.25, 0.3) is 5.91 Å². The Morgan fingerprint density at radius 3 is 2.77 bits per heavy atom. The third-order valence-corrected chi connectivity index (χ3v) is 6.92. The minimum absolute atomic E-state index is 0.166. The van der Waals surface area contributed by atoms with Gasteiger partial charge in [-0.1, -0.05) is 53.7 Å². The van der Waals surface area contributed by atoms with Crippen LogP contribution in [0.2, 0.25) is 0 Å². The van der Waals surface area contributed by atoms with Gasteiger partial charge >= 0.3 is 0 Å². The van der Waals surface area contributed by atoms with Crippen LogP contribution in [-0.2, 0) is 11.3 Å². The molecule has 0 spiro atoms. The summed E-state index contributed by atoms with van der Waals surface area (Å²) < 4.78 is 3.18. The Morgan fingerprint density at radius 2 is 2.00 bits per heavy atom. The second-order valence-corrected chi connectivity index (χ2v) is 10.1. The third-order valence-electron chi connectivity index (χ3n) is 4.39. The van der Waals surface area contributed by atoms with E-state index in [1.807, 2.05) is 30.3 Å². The second-order valence-electron chi connectivity index (χ2n) is 6.68. The molecule has 2 aromatic carbocycles. The first-order valence-corrected chi connectivity index (χ1v) is 11.9. The lowest BCUT2D eigenvalue weighted by atomic mass is 10.1. The van der Waals surface area contributed by atoms with Gasteiger partial charge in [-0.25, -0.2) is 10.4 Å². The van der Waals surface area contributed by atoms with Crippen molar-refractivity contribution in [2.24, 2.45) is 5.10 Å². The number of amides is 1. The van der Waals surface area contributed by atoms with Crippen molar-refractivity contribution in [2.45, 2.75) is 18.6 Å². The topological polar surface area (TPSA) is 59.3 Å². The molecule has 0 unspecified atom stereocenters. The maximum Gasteiger partial charge on any atom is 0.250 e. The summed E-state index contributed by atoms with van der Waals surface area (Å²) in [5.41, 5.74) is 6.99. The lowest BCUT2D eigenvalue weighted by molar-refractivity contribution is -0.118. The van der Waals surface area contributed by atoms with Crippen molar-refractivity contribution < 1.29 is 4.79 Å². The largest absolute Gasteiger partial charge is 0.314 e. The van der Waals surface area contributed by atoms with Crippen LogP contribution in [-0.4, -0.2) is 27.4 Å². The maximum atomic E-state index is 12.2. The van der Waals surface area contributed by atoms with Crippen LogP contribution in [0.3, 0.4) is 0 Å². The number of nitrogens with one attached hydrogen (secondary N) is 1. The monoisotopic (exact) mass is 498 g/mol. The summed E-state index contributed by atoms with van der Waals surface area (Å²) in [5, 5.41) is 4.85. The number of fused-ring (bicyclic) bond motifs is 1. The van der Waals surface area contributed by atoms with Crippen LogP contribution < -0.4 is 5.43 Å². The number of para-hydroxylation sites is 2. The zero-order valence-electron chi connectivity index (χ0n) is 16.2. The molecule has 0 saturated heterocycles. The molecule has 0 aliphatic heterocycles. The number of aryl methyl sites for hydroxylation is 1. The minimum atomic E-state index is -0.166. The van der Waals surface area contributed by atoms with Gasteiger partial charge in [0.1, 0.15) is 0 Å². The number of nitrogens with zero attached hydrogens (tertiary/aromatic N) is 3. The highest BCUT2D eigenvalue weighted by atomic mass is 79.9. The Kier molecular flexibility index (Phi) is 6.66. The van der Waals surface area contributed by atoms with E-state index >= 15 is 0 Å². The van der Waals surface area contributed by atoms with Crippen LogP contribution in [0.25, 0.3) is 11.0 Å². The van der Waals surface area contributed by atoms with Gasteiger partial charge in [0.2, 0.25) is 0 Å². The van der Waals surface area contributed by atoms with Crippen molar-refractivity contribution in [3.8, 4) is 0 Å². The first-order chi connectivity index (χ1) is 14.6. The zero-order valence-corrected chi connectivity index (χ0v) is 19.4. The number of imidazole rings is 1. The number of thiophene rings is 1. The Hall–Kier alpha value is -2.42. The minimum Gasteiger partial charge on any atom is -0.314 e. The lowest BCUT2D eigenvalue weighted by Gasteiger charge is -2.09. The fourth-order valence-electron chi connectivity index (χ4n) is 2.92. The summed E-state index contributed by atoms with van der Waals surface area (Å²) in [6, 6.07) is 20.4. The summed E-state index contributed by atoms with van der Waals surface area (Å²) in [6.07, 6.45) is 1.64. The summed E-state index contributed by atoms with van der Waals surface area (Å²) in [6.45, 7) is 2.78. The maximum absolute atomic E-state index is 12.2. The van der Waals surface area contributed by atoms with E-state index in [4.69, 9.17) is 4.98 Å². The molecule has 0 fully saturated rings. The van der Waals surface area contributed by atoms with Crippen LogP contribution in [0.5, 0.6) is 0 Å². The molecule has 0 atom stereocenters. The van der Waals surface area contributed by atoms with Crippen LogP contribution in [0.1, 0.15) is 16.0 Å². The molecule has 0 aliphatic rings. The smallest absolute Gasteiger partial charge is 0.250 e. The van der Waals surface area contributed by atoms with Crippen molar-refractivity contribution >= 4 is 62.2 Å². The Morgan fingerprint density at radius 1 is 1.20 bits per heavy atom. The molecule has 4 rings (SSSR count). The van der Waals surface area contributed by atoms with Crippen molar-refractivity contribution in [1.82, 2.24) is 15.0 Å². The molecule has 30 heavy (non-hydrogen) atoms. The first kappa shape index (κ1) is 20.8. The number of rotatable bonds is 7. The van der Waals surface area contributed by atoms with Gasteiger partial charge in [0.05, 0.1) is 33.3 Å². The number of halogens is 1. The first-order valence-electron chi connectivity index (χ1n) is 9.29. The average Bonchev–Trinajstić information content (AvgIpc) is 3.31. The molecular formula is C22H19BrN4OS2. The van der Waals surface area contributed by atoms with E-state index in [-0.39, 0.29) is 11.7 Å².